The van der Waals surface area contributed by atoms with Gasteiger partial charge in [0.2, 0.25) is 11.8 Å². The van der Waals surface area contributed by atoms with E-state index in [-0.39, 0.29) is 11.9 Å². The van der Waals surface area contributed by atoms with Crippen LogP contribution in [0.1, 0.15) is 55.1 Å². The van der Waals surface area contributed by atoms with Crippen LogP contribution in [-0.2, 0) is 11.8 Å². The molecule has 0 bridgehead atoms. The number of carbonyl (C=O) groups excluding carboxylic acids is 1. The molecule has 0 spiro atoms. The average Bonchev–Trinajstić information content (AvgIpc) is 2.95. The van der Waals surface area contributed by atoms with Gasteiger partial charge < -0.3 is 9.84 Å². The van der Waals surface area contributed by atoms with E-state index >= 15 is 0 Å². The third-order valence-electron chi connectivity index (χ3n) is 4.66. The van der Waals surface area contributed by atoms with Crippen LogP contribution in [0, 0.1) is 6.92 Å². The zero-order valence-corrected chi connectivity index (χ0v) is 14.0. The van der Waals surface area contributed by atoms with Crippen molar-refractivity contribution in [1.29, 1.82) is 0 Å². The maximum absolute atomic E-state index is 12.4. The number of rotatable bonds is 5. The molecular formula is C16H22N6O2. The molecule has 1 aliphatic carbocycles. The van der Waals surface area contributed by atoms with E-state index in [0.717, 1.165) is 49.6 Å². The molecule has 24 heavy (non-hydrogen) atoms. The van der Waals surface area contributed by atoms with Crippen molar-refractivity contribution in [3.05, 3.63) is 23.5 Å². The van der Waals surface area contributed by atoms with E-state index in [2.05, 4.69) is 25.5 Å². The molecule has 8 nitrogen and oxygen atoms in total. The van der Waals surface area contributed by atoms with Gasteiger partial charge >= 0.3 is 0 Å². The summed E-state index contributed by atoms with van der Waals surface area (Å²) in [6, 6.07) is 1.93. The summed E-state index contributed by atoms with van der Waals surface area (Å²) in [4.78, 5) is 19.0. The largest absolute Gasteiger partial charge is 0.339 e. The van der Waals surface area contributed by atoms with Gasteiger partial charge in [-0.1, -0.05) is 5.16 Å². The van der Waals surface area contributed by atoms with E-state index in [0.29, 0.717) is 18.3 Å². The molecule has 0 unspecified atom stereocenters. The standard InChI is InChI=1S/C16H22N6O2/c1-10-8-13(21(2)19-10)17-14(23)9-22-7-3-4-12(22)15-18-16(24-20-15)11-5-6-11/h8,11-12H,3-7,9H2,1-2H3,(H,17,23)/t12-/m1/s1. The van der Waals surface area contributed by atoms with Crippen molar-refractivity contribution in [3.63, 3.8) is 0 Å². The molecule has 1 saturated heterocycles. The number of aryl methyl sites for hydroxylation is 2. The third kappa shape index (κ3) is 3.06. The molecule has 4 rings (SSSR count). The minimum absolute atomic E-state index is 0.0455. The first-order chi connectivity index (χ1) is 11.6. The predicted octanol–water partition coefficient (Wildman–Crippen LogP) is 1.76. The van der Waals surface area contributed by atoms with Gasteiger partial charge in [-0.3, -0.25) is 14.4 Å². The van der Waals surface area contributed by atoms with E-state index in [1.54, 1.807) is 4.68 Å². The summed E-state index contributed by atoms with van der Waals surface area (Å²) in [6.45, 7) is 3.10. The fraction of sp³-hybridized carbons (Fsp3) is 0.625. The highest BCUT2D eigenvalue weighted by atomic mass is 16.5. The first kappa shape index (κ1) is 15.3. The molecule has 2 fully saturated rings. The summed E-state index contributed by atoms with van der Waals surface area (Å²) in [7, 11) is 1.82. The molecular weight excluding hydrogens is 308 g/mol. The summed E-state index contributed by atoms with van der Waals surface area (Å²) in [6.07, 6.45) is 4.28. The van der Waals surface area contributed by atoms with Crippen LogP contribution < -0.4 is 5.32 Å². The molecule has 2 aromatic rings. The molecule has 1 N–H and O–H groups in total. The lowest BCUT2D eigenvalue weighted by Crippen LogP contribution is -2.33. The Bertz CT molecular complexity index is 748. The molecule has 8 heteroatoms. The number of likely N-dealkylation sites (tertiary alicyclic amines) is 1. The van der Waals surface area contributed by atoms with Gasteiger partial charge in [-0.05, 0) is 39.2 Å². The number of carbonyl (C=O) groups is 1. The zero-order chi connectivity index (χ0) is 16.7. The van der Waals surface area contributed by atoms with Crippen LogP contribution in [0.2, 0.25) is 0 Å². The van der Waals surface area contributed by atoms with Gasteiger partial charge in [-0.15, -0.1) is 0 Å². The van der Waals surface area contributed by atoms with E-state index in [9.17, 15) is 4.79 Å². The van der Waals surface area contributed by atoms with E-state index in [1.165, 1.54) is 0 Å². The van der Waals surface area contributed by atoms with Crippen molar-refractivity contribution in [2.45, 2.75) is 44.6 Å². The smallest absolute Gasteiger partial charge is 0.239 e. The summed E-state index contributed by atoms with van der Waals surface area (Å²) in [5, 5.41) is 11.3. The molecule has 2 aromatic heterocycles. The summed E-state index contributed by atoms with van der Waals surface area (Å²) >= 11 is 0. The van der Waals surface area contributed by atoms with Gasteiger partial charge in [0.25, 0.3) is 0 Å². The highest BCUT2D eigenvalue weighted by molar-refractivity contribution is 5.91. The first-order valence-electron chi connectivity index (χ1n) is 8.48. The number of anilines is 1. The van der Waals surface area contributed by atoms with Crippen molar-refractivity contribution in [2.75, 3.05) is 18.4 Å². The van der Waals surface area contributed by atoms with Gasteiger partial charge in [0.15, 0.2) is 5.82 Å². The molecule has 1 aliphatic heterocycles. The van der Waals surface area contributed by atoms with Crippen LogP contribution in [0.3, 0.4) is 0 Å². The van der Waals surface area contributed by atoms with Crippen molar-refractivity contribution >= 4 is 11.7 Å². The Balaban J connectivity index is 1.40. The van der Waals surface area contributed by atoms with Gasteiger partial charge in [0.05, 0.1) is 18.3 Å². The Kier molecular flexibility index (Phi) is 3.84. The zero-order valence-electron chi connectivity index (χ0n) is 14.0. The van der Waals surface area contributed by atoms with E-state index in [1.807, 2.05) is 20.0 Å². The van der Waals surface area contributed by atoms with Crippen molar-refractivity contribution in [1.82, 2.24) is 24.8 Å². The molecule has 1 amide bonds. The molecule has 0 aromatic carbocycles. The fourth-order valence-corrected chi connectivity index (χ4v) is 3.28. The van der Waals surface area contributed by atoms with E-state index < -0.39 is 0 Å². The lowest BCUT2D eigenvalue weighted by atomic mass is 10.2. The maximum atomic E-state index is 12.4. The second-order valence-electron chi connectivity index (χ2n) is 6.74. The fourth-order valence-electron chi connectivity index (χ4n) is 3.28. The Morgan fingerprint density at radius 3 is 2.96 bits per heavy atom. The van der Waals surface area contributed by atoms with Gasteiger partial charge in [-0.25, -0.2) is 0 Å². The number of hydrogen-bond acceptors (Lipinski definition) is 6. The molecule has 1 atom stereocenters. The van der Waals surface area contributed by atoms with Crippen molar-refractivity contribution in [3.8, 4) is 0 Å². The van der Waals surface area contributed by atoms with Gasteiger partial charge in [0.1, 0.15) is 5.82 Å². The summed E-state index contributed by atoms with van der Waals surface area (Å²) < 4.78 is 7.04. The first-order valence-corrected chi connectivity index (χ1v) is 8.48. The predicted molar refractivity (Wildman–Crippen MR) is 86.4 cm³/mol. The highest BCUT2D eigenvalue weighted by Gasteiger charge is 2.34. The topological polar surface area (TPSA) is 89.1 Å². The molecule has 0 radical (unpaired) electrons. The highest BCUT2D eigenvalue weighted by Crippen LogP contribution is 2.40. The SMILES string of the molecule is Cc1cc(NC(=O)CN2CCC[C@@H]2c2noc(C3CC3)n2)n(C)n1. The lowest BCUT2D eigenvalue weighted by molar-refractivity contribution is -0.117. The minimum Gasteiger partial charge on any atom is -0.339 e. The monoisotopic (exact) mass is 330 g/mol. The molecule has 2 aliphatic rings. The lowest BCUT2D eigenvalue weighted by Gasteiger charge is -2.21. The quantitative estimate of drug-likeness (QED) is 0.898. The second kappa shape index (κ2) is 6.01. The summed E-state index contributed by atoms with van der Waals surface area (Å²) in [5.74, 6) is 2.60. The van der Waals surface area contributed by atoms with E-state index in [4.69, 9.17) is 4.52 Å². The molecule has 3 heterocycles. The van der Waals surface area contributed by atoms with Crippen LogP contribution in [0.15, 0.2) is 10.6 Å². The third-order valence-corrected chi connectivity index (χ3v) is 4.66. The van der Waals surface area contributed by atoms with Crippen molar-refractivity contribution < 1.29 is 9.32 Å². The number of nitrogens with zero attached hydrogens (tertiary/aromatic N) is 5. The Morgan fingerprint density at radius 2 is 2.25 bits per heavy atom. The normalized spacial score (nSPS) is 21.3. The van der Waals surface area contributed by atoms with Crippen molar-refractivity contribution in [2.24, 2.45) is 7.05 Å². The molecule has 128 valence electrons. The number of amides is 1. The number of hydrogen-bond donors (Lipinski definition) is 1. The van der Waals surface area contributed by atoms with Crippen LogP contribution in [-0.4, -0.2) is 43.8 Å². The van der Waals surface area contributed by atoms with Crippen LogP contribution >= 0.6 is 0 Å². The second-order valence-corrected chi connectivity index (χ2v) is 6.74. The number of aromatic nitrogens is 4. The van der Waals surface area contributed by atoms with Gasteiger partial charge in [-0.2, -0.15) is 10.1 Å². The molecule has 1 saturated carbocycles. The van der Waals surface area contributed by atoms with Gasteiger partial charge in [0, 0.05) is 19.0 Å². The van der Waals surface area contributed by atoms with Crippen LogP contribution in [0.4, 0.5) is 5.82 Å². The van der Waals surface area contributed by atoms with Crippen LogP contribution in [0.25, 0.3) is 0 Å². The Morgan fingerprint density at radius 1 is 1.42 bits per heavy atom. The Hall–Kier alpha value is -2.22. The van der Waals surface area contributed by atoms with Crippen LogP contribution in [0.5, 0.6) is 0 Å². The number of nitrogens with one attached hydrogen (secondary N) is 1. The minimum atomic E-state index is -0.0455. The Labute approximate surface area is 140 Å². The maximum Gasteiger partial charge on any atom is 0.239 e. The summed E-state index contributed by atoms with van der Waals surface area (Å²) in [5.41, 5.74) is 0.881. The average molecular weight is 330 g/mol.